The summed E-state index contributed by atoms with van der Waals surface area (Å²) >= 11 is 0. The van der Waals surface area contributed by atoms with Gasteiger partial charge in [-0.25, -0.2) is 4.79 Å². The Balaban J connectivity index is 4.22. The van der Waals surface area contributed by atoms with Gasteiger partial charge in [-0.15, -0.1) is 0 Å². The first kappa shape index (κ1) is 12.2. The average Bonchev–Trinajstić information content (AvgIpc) is 2.17. The lowest BCUT2D eigenvalue weighted by Crippen LogP contribution is -2.45. The Kier molecular flexibility index (Phi) is 5.46. The first-order chi connectivity index (χ1) is 6.08. The highest BCUT2D eigenvalue weighted by atomic mass is 16.5. The van der Waals surface area contributed by atoms with Gasteiger partial charge in [0.25, 0.3) is 0 Å². The Hall–Kier alpha value is -0.770. The second-order valence-corrected chi connectivity index (χ2v) is 2.90. The van der Waals surface area contributed by atoms with Crippen molar-refractivity contribution in [3.63, 3.8) is 0 Å². The van der Waals surface area contributed by atoms with Crippen molar-refractivity contribution in [2.24, 2.45) is 0 Å². The van der Waals surface area contributed by atoms with Gasteiger partial charge in [0.15, 0.2) is 0 Å². The van der Waals surface area contributed by atoms with E-state index in [1.807, 2.05) is 20.8 Å². The van der Waals surface area contributed by atoms with Gasteiger partial charge in [-0.2, -0.15) is 0 Å². The molecular formula is C9H20N2O2. The fraction of sp³-hybridized carbons (Fsp3) is 0.889. The molecule has 0 bridgehead atoms. The number of methoxy groups -OCH3 is 1. The van der Waals surface area contributed by atoms with Crippen molar-refractivity contribution >= 4 is 6.03 Å². The number of ether oxygens (including phenoxy) is 1. The first-order valence-corrected chi connectivity index (χ1v) is 4.62. The second kappa shape index (κ2) is 5.80. The van der Waals surface area contributed by atoms with Gasteiger partial charge in [0, 0.05) is 27.2 Å². The van der Waals surface area contributed by atoms with Crippen LogP contribution in [0.3, 0.4) is 0 Å². The lowest BCUT2D eigenvalue weighted by Gasteiger charge is -2.29. The zero-order valence-electron chi connectivity index (χ0n) is 9.20. The number of hydrogen-bond donors (Lipinski definition) is 0. The molecule has 0 aliphatic carbocycles. The molecule has 0 aliphatic rings. The summed E-state index contributed by atoms with van der Waals surface area (Å²) in [5, 5.41) is 0. The van der Waals surface area contributed by atoms with Gasteiger partial charge in [0.2, 0.25) is 0 Å². The van der Waals surface area contributed by atoms with Crippen LogP contribution < -0.4 is 0 Å². The SMILES string of the molecule is CCN(CC)C(=O)N(C)C(C)OC. The van der Waals surface area contributed by atoms with E-state index >= 15 is 0 Å². The van der Waals surface area contributed by atoms with E-state index in [4.69, 9.17) is 4.74 Å². The molecule has 4 heteroatoms. The van der Waals surface area contributed by atoms with Crippen molar-refractivity contribution < 1.29 is 9.53 Å². The van der Waals surface area contributed by atoms with E-state index < -0.39 is 0 Å². The van der Waals surface area contributed by atoms with Crippen LogP contribution in [-0.4, -0.2) is 49.3 Å². The molecule has 0 aromatic heterocycles. The molecule has 0 saturated heterocycles. The second-order valence-electron chi connectivity index (χ2n) is 2.90. The maximum absolute atomic E-state index is 11.7. The quantitative estimate of drug-likeness (QED) is 0.624. The van der Waals surface area contributed by atoms with Crippen molar-refractivity contribution in [2.75, 3.05) is 27.2 Å². The van der Waals surface area contributed by atoms with Crippen LogP contribution in [0, 0.1) is 0 Å². The molecule has 0 heterocycles. The highest BCUT2D eigenvalue weighted by molar-refractivity contribution is 5.74. The van der Waals surface area contributed by atoms with E-state index in [0.29, 0.717) is 0 Å². The normalized spacial score (nSPS) is 12.4. The summed E-state index contributed by atoms with van der Waals surface area (Å²) in [4.78, 5) is 15.0. The van der Waals surface area contributed by atoms with Crippen LogP contribution in [-0.2, 0) is 4.74 Å². The summed E-state index contributed by atoms with van der Waals surface area (Å²) in [5.41, 5.74) is 0. The number of nitrogens with zero attached hydrogens (tertiary/aromatic N) is 2. The molecular weight excluding hydrogens is 168 g/mol. The van der Waals surface area contributed by atoms with Gasteiger partial charge in [-0.3, -0.25) is 0 Å². The third kappa shape index (κ3) is 3.22. The molecule has 1 unspecified atom stereocenters. The van der Waals surface area contributed by atoms with E-state index in [0.717, 1.165) is 13.1 Å². The van der Waals surface area contributed by atoms with Gasteiger partial charge < -0.3 is 14.5 Å². The van der Waals surface area contributed by atoms with E-state index in [1.54, 1.807) is 24.0 Å². The standard InChI is InChI=1S/C9H20N2O2/c1-6-11(7-2)9(12)10(4)8(3)13-5/h8H,6-7H2,1-5H3. The lowest BCUT2D eigenvalue weighted by atomic mass is 10.5. The number of carbonyl (C=O) groups excluding carboxylic acids is 1. The van der Waals surface area contributed by atoms with Gasteiger partial charge in [0.1, 0.15) is 6.23 Å². The summed E-state index contributed by atoms with van der Waals surface area (Å²) in [6.07, 6.45) is -0.173. The highest BCUT2D eigenvalue weighted by Crippen LogP contribution is 2.02. The van der Waals surface area contributed by atoms with E-state index in [-0.39, 0.29) is 12.3 Å². The number of amides is 2. The maximum Gasteiger partial charge on any atom is 0.321 e. The number of urea groups is 1. The van der Waals surface area contributed by atoms with E-state index in [1.165, 1.54) is 0 Å². The number of rotatable bonds is 4. The molecule has 2 amide bonds. The van der Waals surface area contributed by atoms with Crippen molar-refractivity contribution in [3.8, 4) is 0 Å². The van der Waals surface area contributed by atoms with Gasteiger partial charge >= 0.3 is 6.03 Å². The fourth-order valence-corrected chi connectivity index (χ4v) is 1.03. The summed E-state index contributed by atoms with van der Waals surface area (Å²) < 4.78 is 5.05. The van der Waals surface area contributed by atoms with Gasteiger partial charge in [0.05, 0.1) is 0 Å². The van der Waals surface area contributed by atoms with E-state index in [2.05, 4.69) is 0 Å². The number of carbonyl (C=O) groups is 1. The van der Waals surface area contributed by atoms with Gasteiger partial charge in [-0.1, -0.05) is 0 Å². The molecule has 0 saturated carbocycles. The zero-order chi connectivity index (χ0) is 10.4. The Morgan fingerprint density at radius 3 is 2.15 bits per heavy atom. The summed E-state index contributed by atoms with van der Waals surface area (Å²) in [5.74, 6) is 0. The fourth-order valence-electron chi connectivity index (χ4n) is 1.03. The van der Waals surface area contributed by atoms with Crippen LogP contribution in [0.4, 0.5) is 4.79 Å². The number of hydrogen-bond acceptors (Lipinski definition) is 2. The zero-order valence-corrected chi connectivity index (χ0v) is 9.20. The summed E-state index contributed by atoms with van der Waals surface area (Å²) in [7, 11) is 3.34. The summed E-state index contributed by atoms with van der Waals surface area (Å²) in [6.45, 7) is 7.24. The molecule has 4 nitrogen and oxygen atoms in total. The Morgan fingerprint density at radius 2 is 1.85 bits per heavy atom. The molecule has 0 fully saturated rings. The minimum atomic E-state index is -0.173. The average molecular weight is 188 g/mol. The molecule has 0 aliphatic heterocycles. The largest absolute Gasteiger partial charge is 0.362 e. The topological polar surface area (TPSA) is 32.8 Å². The molecule has 0 aromatic carbocycles. The molecule has 78 valence electrons. The minimum Gasteiger partial charge on any atom is -0.362 e. The third-order valence-electron chi connectivity index (χ3n) is 2.22. The highest BCUT2D eigenvalue weighted by Gasteiger charge is 2.18. The van der Waals surface area contributed by atoms with Crippen molar-refractivity contribution in [2.45, 2.75) is 27.0 Å². The van der Waals surface area contributed by atoms with E-state index in [9.17, 15) is 4.79 Å². The predicted molar refractivity (Wildman–Crippen MR) is 52.6 cm³/mol. The first-order valence-electron chi connectivity index (χ1n) is 4.62. The minimum absolute atomic E-state index is 0.0133. The smallest absolute Gasteiger partial charge is 0.321 e. The van der Waals surface area contributed by atoms with Crippen LogP contribution >= 0.6 is 0 Å². The van der Waals surface area contributed by atoms with Crippen LogP contribution in [0.1, 0.15) is 20.8 Å². The summed E-state index contributed by atoms with van der Waals surface area (Å²) in [6, 6.07) is 0.0133. The van der Waals surface area contributed by atoms with Crippen LogP contribution in [0.5, 0.6) is 0 Å². The molecule has 0 aromatic rings. The van der Waals surface area contributed by atoms with Crippen LogP contribution in [0.25, 0.3) is 0 Å². The van der Waals surface area contributed by atoms with Crippen LogP contribution in [0.2, 0.25) is 0 Å². The van der Waals surface area contributed by atoms with Gasteiger partial charge in [-0.05, 0) is 20.8 Å². The maximum atomic E-state index is 11.7. The molecule has 0 rings (SSSR count). The van der Waals surface area contributed by atoms with Crippen molar-refractivity contribution in [1.29, 1.82) is 0 Å². The monoisotopic (exact) mass is 188 g/mol. The molecule has 0 radical (unpaired) electrons. The Bertz CT molecular complexity index is 158. The van der Waals surface area contributed by atoms with Crippen molar-refractivity contribution in [3.05, 3.63) is 0 Å². The van der Waals surface area contributed by atoms with Crippen LogP contribution in [0.15, 0.2) is 0 Å². The molecule has 0 spiro atoms. The Labute approximate surface area is 80.5 Å². The molecule has 1 atom stereocenters. The lowest BCUT2D eigenvalue weighted by molar-refractivity contribution is 0.00970. The van der Waals surface area contributed by atoms with Crippen molar-refractivity contribution in [1.82, 2.24) is 9.80 Å². The third-order valence-corrected chi connectivity index (χ3v) is 2.22. The Morgan fingerprint density at radius 1 is 1.38 bits per heavy atom. The molecule has 0 N–H and O–H groups in total. The predicted octanol–water partition coefficient (Wildman–Crippen LogP) is 1.37. The molecule has 13 heavy (non-hydrogen) atoms.